The molecule has 25 N–H and O–H groups in total. The molecule has 4 bridgehead atoms. The fourth-order valence-electron chi connectivity index (χ4n) is 15.8. The van der Waals surface area contributed by atoms with Crippen molar-refractivity contribution >= 4 is 133 Å². The number of carboxylic acids is 1. The number of rotatable bonds is 32. The van der Waals surface area contributed by atoms with Gasteiger partial charge in [0.05, 0.1) is 12.7 Å². The molecule has 42 nitrogen and oxygen atoms in total. The number of aromatic amines is 1. The summed E-state index contributed by atoms with van der Waals surface area (Å²) >= 11 is 0. The third-order valence-corrected chi connectivity index (χ3v) is 25.9. The Balaban J connectivity index is 1.24. The van der Waals surface area contributed by atoms with Crippen molar-refractivity contribution in [2.75, 3.05) is 30.3 Å². The lowest BCUT2D eigenvalue weighted by molar-refractivity contribution is -0.139. The van der Waals surface area contributed by atoms with Gasteiger partial charge >= 0.3 is 5.97 Å². The largest absolute Gasteiger partial charge is 0.508 e. The molecular formula is C94H117F10N19O23S. The number of fused-ring (bicyclic) bond motifs is 3. The average Bonchev–Trinajstić information content (AvgIpc) is 1.21. The molecule has 0 spiro atoms. The first kappa shape index (κ1) is 117. The van der Waals surface area contributed by atoms with Gasteiger partial charge in [0, 0.05) is 69.2 Å². The normalized spacial score (nSPS) is 20.4. The highest BCUT2D eigenvalue weighted by molar-refractivity contribution is 7.91. The van der Waals surface area contributed by atoms with Crippen LogP contribution in [0.1, 0.15) is 161 Å². The van der Waals surface area contributed by atoms with Crippen molar-refractivity contribution in [1.29, 1.82) is 0 Å². The van der Waals surface area contributed by atoms with Gasteiger partial charge in [0.2, 0.25) is 104 Å². The second kappa shape index (κ2) is 53.9. The van der Waals surface area contributed by atoms with Crippen LogP contribution in [0.25, 0.3) is 10.9 Å². The Morgan fingerprint density at radius 1 is 0.497 bits per heavy atom. The number of hydrogen-bond donors (Lipinski definition) is 23. The van der Waals surface area contributed by atoms with E-state index in [0.29, 0.717) is 47.9 Å². The average molecular weight is 2100 g/mol. The number of halogens is 10. The number of aliphatic hydroxyl groups excluding tert-OH is 2. The van der Waals surface area contributed by atoms with Gasteiger partial charge in [-0.1, -0.05) is 69.5 Å². The number of amides is 16. The lowest BCUT2D eigenvalue weighted by atomic mass is 9.80. The number of carboxylic acid groups (broad SMARTS) is 1. The van der Waals surface area contributed by atoms with Crippen molar-refractivity contribution in [2.45, 2.75) is 265 Å². The first-order valence-corrected chi connectivity index (χ1v) is 48.2. The van der Waals surface area contributed by atoms with Gasteiger partial charge in [-0.15, -0.1) is 0 Å². The number of hydrogen-bond acceptors (Lipinski definition) is 24. The molecule has 5 aromatic carbocycles. The van der Waals surface area contributed by atoms with Crippen molar-refractivity contribution in [1.82, 2.24) is 79.4 Å². The number of benzene rings is 5. The summed E-state index contributed by atoms with van der Waals surface area (Å²) in [4.78, 5) is 236. The molecule has 10 rings (SSSR count). The number of H-pyrrole nitrogens is 1. The number of nitrogens with two attached hydrogens (primary N) is 2. The second-order valence-corrected chi connectivity index (χ2v) is 37.9. The third-order valence-electron chi connectivity index (χ3n) is 24.1. The van der Waals surface area contributed by atoms with Crippen molar-refractivity contribution in [3.05, 3.63) is 148 Å². The number of aromatic nitrogens is 1. The Morgan fingerprint density at radius 3 is 1.54 bits per heavy atom. The monoisotopic (exact) mass is 2100 g/mol. The Hall–Kier alpha value is -14.8. The number of aliphatic carboxylic acids is 1. The molecular weight excluding hydrogens is 1990 g/mol. The zero-order valence-corrected chi connectivity index (χ0v) is 81.3. The number of nitrogens with one attached hydrogen (secondary N) is 17. The molecule has 6 aromatic rings. The van der Waals surface area contributed by atoms with E-state index in [1.165, 1.54) is 25.3 Å². The second-order valence-electron chi connectivity index (χ2n) is 36.1. The zero-order chi connectivity index (χ0) is 109. The number of carbonyl (C=O) groups excluding carboxylic acids is 16. The van der Waals surface area contributed by atoms with Crippen LogP contribution in [0.2, 0.25) is 0 Å². The van der Waals surface area contributed by atoms with Crippen molar-refractivity contribution in [3.8, 4) is 5.75 Å². The third kappa shape index (κ3) is 32.9. The number of primary amides is 2. The predicted octanol–water partition coefficient (Wildman–Crippen LogP) is 1.10. The minimum Gasteiger partial charge on any atom is -0.508 e. The van der Waals surface area contributed by atoms with Crippen LogP contribution in [0.15, 0.2) is 82.7 Å². The molecule has 15 atom stereocenters. The van der Waals surface area contributed by atoms with E-state index in [1.54, 1.807) is 38.1 Å². The van der Waals surface area contributed by atoms with Crippen LogP contribution in [0.4, 0.5) is 55.3 Å². The number of aliphatic hydroxyl groups is 2. The van der Waals surface area contributed by atoms with Gasteiger partial charge in [-0.3, -0.25) is 81.5 Å². The number of para-hydroxylation sites is 1. The molecule has 1 aliphatic carbocycles. The van der Waals surface area contributed by atoms with Gasteiger partial charge in [-0.25, -0.2) is 52.3 Å². The lowest BCUT2D eigenvalue weighted by Crippen LogP contribution is -2.62. The maximum Gasteiger partial charge on any atom is 0.303 e. The highest BCUT2D eigenvalue weighted by Crippen LogP contribution is 2.40. The molecule has 3 aliphatic heterocycles. The number of carbonyl (C=O) groups is 17. The summed E-state index contributed by atoms with van der Waals surface area (Å²) in [6.07, 6.45) is -8.25. The Bertz CT molecular complexity index is 5950. The molecule has 0 saturated heterocycles. The summed E-state index contributed by atoms with van der Waals surface area (Å²) in [7, 11) is -6.87. The van der Waals surface area contributed by atoms with Crippen LogP contribution in [-0.4, -0.2) is 245 Å². The van der Waals surface area contributed by atoms with Crippen molar-refractivity contribution in [2.24, 2.45) is 23.3 Å². The summed E-state index contributed by atoms with van der Waals surface area (Å²) < 4.78 is 188. The summed E-state index contributed by atoms with van der Waals surface area (Å²) in [6.45, 7) is 5.79. The lowest BCUT2D eigenvalue weighted by Gasteiger charge is -2.32. The van der Waals surface area contributed by atoms with Crippen LogP contribution < -0.4 is 96.5 Å². The van der Waals surface area contributed by atoms with Gasteiger partial charge in [0.1, 0.15) is 112 Å². The van der Waals surface area contributed by atoms with E-state index in [-0.39, 0.29) is 41.6 Å². The van der Waals surface area contributed by atoms with Crippen LogP contribution >= 0.6 is 0 Å². The van der Waals surface area contributed by atoms with E-state index in [1.807, 2.05) is 10.6 Å². The van der Waals surface area contributed by atoms with Gasteiger partial charge in [-0.2, -0.15) is 0 Å². The minimum absolute atomic E-state index is 0.0434. The first-order chi connectivity index (χ1) is 69.2. The zero-order valence-electron chi connectivity index (χ0n) is 80.5. The highest BCUT2D eigenvalue weighted by Gasteiger charge is 2.44. The fraction of sp³-hybridized carbons (Fsp3) is 0.479. The van der Waals surface area contributed by atoms with E-state index < -0.39 is 384 Å². The SMILES string of the molecule is CC(=O)N[C@@H](CC(C)C)C(=O)N[C@H](C(=O)N[C@@H](Cc1ccc(F)c(F)c1)C(=O)N[C@H]1CCCCNc2c(F)c(F)c(c(F)c2F)S(=O)(=O)c2c(F)c(F)c(c(F)c2F)NCCCC[C@H](C(=O)N[C@@H](CO)C(=O)N[C@@H](C)C(=O)N[C@@H](C)C(N)=O)NC(=O)[C@H](CC2CCC2)NC(=O)[C@H](CCC(N)=O)NC(=O)[C@H](C)NC(=O)[C@H](Cc2c[nH]c3ccccc23)NC(=O)[C@H](Cc2ccc(O)cc2)NC(=O)[C@H](CCC(=O)O)NC1=O)[C@@H](C)O. The number of sulfone groups is 1. The molecule has 4 heterocycles. The predicted molar refractivity (Wildman–Crippen MR) is 501 cm³/mol. The molecule has 4 aliphatic rings. The summed E-state index contributed by atoms with van der Waals surface area (Å²) in [5, 5.41) is 79.1. The Kier molecular flexibility index (Phi) is 43.0. The summed E-state index contributed by atoms with van der Waals surface area (Å²) in [5.74, 6) is -47.5. The standard InChI is InChI=1S/C94H117F10N19O23S/c1-41(2)33-60(113-46(7)126)92(142)123-76(45(6)125)94(144)121-63(37-49-23-26-53(95)54(96)34-49)90(140)115-56-19-10-12-31-107-77-68(97)72(101)79(73(102)69(77)98)147(145,146)80-74(103)70(99)78(71(100)75(80)104)108-32-13-11-20-57(85(135)122-65(40-124)93(143)112-43(4)82(132)110-42(3)81(106)131)116-89(139)61(35-47-15-14-16-47)118-86(136)58(27-29-66(105)128)114-83(133)44(5)111-88(138)64(38-50-39-109-55-18-9-8-17-52(50)55)120-91(141)62(36-48-21-24-51(127)25-22-48)119-87(137)59(117-84(56)134)28-30-67(129)130/h8-9,17-18,21-26,34,39,41-45,47,56-65,76,107-109,124-125,127H,10-16,19-20,27-33,35-38,40H2,1-7H3,(H2,105,128)(H2,106,131)(H,110,132)(H,111,138)(H,112,143)(H,113,126)(H,114,133)(H,115,140)(H,116,139)(H,117,134)(H,118,136)(H,119,137)(H,120,141)(H,121,144)(H,122,135)(H,123,142)(H,129,130)/t42-,43-,44-,45+,56-,57+,58-,59-,60-,61-,62-,63-,64-,65-,76-/m0/s1. The van der Waals surface area contributed by atoms with Gasteiger partial charge in [0.25, 0.3) is 0 Å². The van der Waals surface area contributed by atoms with Crippen LogP contribution in [-0.2, 0) is 111 Å². The van der Waals surface area contributed by atoms with Crippen molar-refractivity contribution < 1.29 is 154 Å². The van der Waals surface area contributed by atoms with E-state index in [2.05, 4.69) is 79.4 Å². The maximum absolute atomic E-state index is 16.4. The van der Waals surface area contributed by atoms with Crippen LogP contribution in [0, 0.1) is 70.0 Å². The molecule has 802 valence electrons. The van der Waals surface area contributed by atoms with E-state index >= 15 is 63.5 Å². The van der Waals surface area contributed by atoms with Crippen LogP contribution in [0.5, 0.6) is 5.75 Å². The molecule has 0 unspecified atom stereocenters. The van der Waals surface area contributed by atoms with Crippen LogP contribution in [0.3, 0.4) is 0 Å². The summed E-state index contributed by atoms with van der Waals surface area (Å²) in [6, 6.07) is -12.5. The number of aromatic hydroxyl groups is 1. The first-order valence-electron chi connectivity index (χ1n) is 46.7. The van der Waals surface area contributed by atoms with E-state index in [9.17, 15) is 90.8 Å². The molecule has 0 radical (unpaired) electrons. The number of phenolic OH excluding ortho intramolecular Hbond substituents is 1. The molecule has 147 heavy (non-hydrogen) atoms. The maximum atomic E-state index is 16.4. The van der Waals surface area contributed by atoms with Gasteiger partial charge in [0.15, 0.2) is 58.2 Å². The van der Waals surface area contributed by atoms with E-state index in [4.69, 9.17) is 11.5 Å². The topological polar surface area (TPSA) is 666 Å². The minimum atomic E-state index is -6.87. The van der Waals surface area contributed by atoms with E-state index in [0.717, 1.165) is 45.9 Å². The van der Waals surface area contributed by atoms with Crippen molar-refractivity contribution in [3.63, 3.8) is 0 Å². The molecule has 1 aromatic heterocycles. The van der Waals surface area contributed by atoms with Gasteiger partial charge < -0.3 is 122 Å². The Labute approximate surface area is 834 Å². The van der Waals surface area contributed by atoms with Gasteiger partial charge in [-0.05, 0) is 151 Å². The summed E-state index contributed by atoms with van der Waals surface area (Å²) in [5.41, 5.74) is 7.70. The fourth-order valence-corrected chi connectivity index (χ4v) is 17.3. The molecule has 53 heteroatoms. The molecule has 1 saturated carbocycles. The smallest absolute Gasteiger partial charge is 0.303 e. The quantitative estimate of drug-likeness (QED) is 0.0208. The highest BCUT2D eigenvalue weighted by atomic mass is 32.2. The molecule has 1 fully saturated rings. The number of phenols is 1. The Morgan fingerprint density at radius 2 is 1.01 bits per heavy atom. The number of anilines is 2. The molecule has 16 amide bonds.